The van der Waals surface area contributed by atoms with Gasteiger partial charge in [-0.2, -0.15) is 4.98 Å². The highest BCUT2D eigenvalue weighted by atomic mass is 35.5. The lowest BCUT2D eigenvalue weighted by Crippen LogP contribution is -2.28. The normalized spacial score (nSPS) is 18.9. The maximum Gasteiger partial charge on any atom is 0.306 e. The minimum atomic E-state index is -0.731. The number of ether oxygens (including phenoxy) is 1. The summed E-state index contributed by atoms with van der Waals surface area (Å²) in [5.41, 5.74) is 3.71. The van der Waals surface area contributed by atoms with Crippen molar-refractivity contribution in [3.63, 3.8) is 0 Å². The van der Waals surface area contributed by atoms with Crippen LogP contribution in [0.5, 0.6) is 6.01 Å². The van der Waals surface area contributed by atoms with Gasteiger partial charge in [-0.05, 0) is 43.9 Å². The second kappa shape index (κ2) is 8.07. The molecule has 1 fully saturated rings. The quantitative estimate of drug-likeness (QED) is 0.423. The number of rotatable bonds is 5. The third-order valence-corrected chi connectivity index (χ3v) is 5.96. The molecule has 3 aromatic heterocycles. The number of H-pyrrole nitrogens is 1. The number of halogens is 1. The molecular weight excluding hydrogens is 418 g/mol. The van der Waals surface area contributed by atoms with Gasteiger partial charge in [0.05, 0.1) is 22.9 Å². The van der Waals surface area contributed by atoms with Gasteiger partial charge >= 0.3 is 5.97 Å². The lowest BCUT2D eigenvalue weighted by atomic mass is 9.87. The van der Waals surface area contributed by atoms with Crippen LogP contribution in [0.1, 0.15) is 25.7 Å². The molecule has 4 aromatic rings. The van der Waals surface area contributed by atoms with E-state index in [0.717, 1.165) is 16.9 Å². The average Bonchev–Trinajstić information content (AvgIpc) is 3.43. The summed E-state index contributed by atoms with van der Waals surface area (Å²) in [5, 5.41) is 9.63. The first-order chi connectivity index (χ1) is 15.1. The number of aromatic nitrogens is 3. The van der Waals surface area contributed by atoms with Crippen LogP contribution >= 0.6 is 11.6 Å². The predicted octanol–water partition coefficient (Wildman–Crippen LogP) is 5.56. The van der Waals surface area contributed by atoms with Crippen LogP contribution in [0.15, 0.2) is 53.1 Å². The molecule has 1 aliphatic carbocycles. The van der Waals surface area contributed by atoms with E-state index in [2.05, 4.69) is 15.0 Å². The maximum absolute atomic E-state index is 11.1. The Kier molecular flexibility index (Phi) is 5.11. The van der Waals surface area contributed by atoms with Gasteiger partial charge in [0.1, 0.15) is 17.4 Å². The first kappa shape index (κ1) is 19.6. The number of hydrogen-bond donors (Lipinski definition) is 2. The van der Waals surface area contributed by atoms with Crippen molar-refractivity contribution >= 4 is 28.7 Å². The van der Waals surface area contributed by atoms with E-state index < -0.39 is 5.97 Å². The third-order valence-electron chi connectivity index (χ3n) is 5.67. The maximum atomic E-state index is 11.1. The number of pyridine rings is 1. The molecule has 0 spiro atoms. The van der Waals surface area contributed by atoms with Gasteiger partial charge in [-0.1, -0.05) is 35.9 Å². The van der Waals surface area contributed by atoms with Gasteiger partial charge in [0.2, 0.25) is 0 Å². The van der Waals surface area contributed by atoms with Crippen molar-refractivity contribution in [2.75, 3.05) is 0 Å². The molecule has 1 aliphatic rings. The summed E-state index contributed by atoms with van der Waals surface area (Å²) >= 11 is 6.49. The Morgan fingerprint density at radius 3 is 2.52 bits per heavy atom. The van der Waals surface area contributed by atoms with Gasteiger partial charge < -0.3 is 14.3 Å². The summed E-state index contributed by atoms with van der Waals surface area (Å²) in [6.45, 7) is 0. The third kappa shape index (κ3) is 4.01. The van der Waals surface area contributed by atoms with E-state index in [4.69, 9.17) is 25.9 Å². The van der Waals surface area contributed by atoms with Gasteiger partial charge in [0.15, 0.2) is 5.65 Å². The van der Waals surface area contributed by atoms with Crippen molar-refractivity contribution in [2.45, 2.75) is 31.8 Å². The van der Waals surface area contributed by atoms with Crippen LogP contribution in [0.3, 0.4) is 0 Å². The first-order valence-corrected chi connectivity index (χ1v) is 10.5. The highest BCUT2D eigenvalue weighted by Gasteiger charge is 2.27. The molecule has 0 bridgehead atoms. The van der Waals surface area contributed by atoms with Gasteiger partial charge in [-0.15, -0.1) is 0 Å². The molecule has 0 radical (unpaired) electrons. The molecule has 8 heteroatoms. The Bertz CT molecular complexity index is 1210. The SMILES string of the molecule is O=C(O)[C@H]1CC[C@H](Oc2nc3cc(Cl)c(-c4ccc(-c5ccco5)cc4)nc3[nH]2)CC1. The number of hydrogen-bond acceptors (Lipinski definition) is 5. The molecule has 0 aliphatic heterocycles. The molecule has 31 heavy (non-hydrogen) atoms. The number of carboxylic acids is 1. The van der Waals surface area contributed by atoms with E-state index >= 15 is 0 Å². The first-order valence-electron chi connectivity index (χ1n) is 10.2. The molecule has 0 amide bonds. The number of carbonyl (C=O) groups is 1. The summed E-state index contributed by atoms with van der Waals surface area (Å²) in [4.78, 5) is 23.3. The zero-order valence-corrected chi connectivity index (χ0v) is 17.3. The summed E-state index contributed by atoms with van der Waals surface area (Å²) in [7, 11) is 0. The van der Waals surface area contributed by atoms with Crippen LogP contribution in [0, 0.1) is 5.92 Å². The number of furan rings is 1. The minimum absolute atomic E-state index is 0.0553. The summed E-state index contributed by atoms with van der Waals surface area (Å²) in [5.74, 6) is -0.211. The summed E-state index contributed by atoms with van der Waals surface area (Å²) < 4.78 is 11.4. The summed E-state index contributed by atoms with van der Waals surface area (Å²) in [6.07, 6.45) is 4.20. The van der Waals surface area contributed by atoms with E-state index in [0.29, 0.717) is 53.6 Å². The van der Waals surface area contributed by atoms with Crippen molar-refractivity contribution in [1.82, 2.24) is 15.0 Å². The molecule has 158 valence electrons. The standard InChI is InChI=1S/C23H20ClN3O4/c24-17-12-18-21(27-23(25-18)31-16-9-7-15(8-10-16)22(28)29)26-20(17)14-5-3-13(4-6-14)19-2-1-11-30-19/h1-6,11-12,15-16H,7-10H2,(H,28,29)(H,25,26,27)/t15-,16-. The van der Waals surface area contributed by atoms with Crippen molar-refractivity contribution < 1.29 is 19.1 Å². The number of imidazole rings is 1. The zero-order chi connectivity index (χ0) is 21.4. The van der Waals surface area contributed by atoms with Crippen LogP contribution < -0.4 is 4.74 Å². The van der Waals surface area contributed by atoms with Gasteiger partial charge in [-0.25, -0.2) is 4.98 Å². The van der Waals surface area contributed by atoms with Crippen LogP contribution in [-0.2, 0) is 4.79 Å². The molecule has 0 atom stereocenters. The molecule has 1 aromatic carbocycles. The van der Waals surface area contributed by atoms with E-state index in [1.807, 2.05) is 36.4 Å². The van der Waals surface area contributed by atoms with Crippen LogP contribution in [0.4, 0.5) is 0 Å². The molecule has 2 N–H and O–H groups in total. The number of aromatic amines is 1. The van der Waals surface area contributed by atoms with Crippen LogP contribution in [0.2, 0.25) is 5.02 Å². The molecule has 1 saturated carbocycles. The molecule has 0 unspecified atom stereocenters. The fourth-order valence-corrected chi connectivity index (χ4v) is 4.23. The lowest BCUT2D eigenvalue weighted by Gasteiger charge is -2.25. The van der Waals surface area contributed by atoms with Crippen molar-refractivity contribution in [3.05, 3.63) is 53.8 Å². The number of fused-ring (bicyclic) bond motifs is 1. The highest BCUT2D eigenvalue weighted by molar-refractivity contribution is 6.33. The predicted molar refractivity (Wildman–Crippen MR) is 116 cm³/mol. The van der Waals surface area contributed by atoms with Crippen LogP contribution in [-0.4, -0.2) is 32.1 Å². The largest absolute Gasteiger partial charge is 0.481 e. The Hall–Kier alpha value is -3.32. The van der Waals surface area contributed by atoms with Gasteiger partial charge in [0.25, 0.3) is 6.01 Å². The molecule has 7 nitrogen and oxygen atoms in total. The lowest BCUT2D eigenvalue weighted by molar-refractivity contribution is -0.143. The Balaban J connectivity index is 1.35. The fraction of sp³-hybridized carbons (Fsp3) is 0.261. The number of carboxylic acid groups (broad SMARTS) is 1. The molecule has 3 heterocycles. The van der Waals surface area contributed by atoms with Crippen LogP contribution in [0.25, 0.3) is 33.7 Å². The number of benzene rings is 1. The van der Waals surface area contributed by atoms with E-state index in [9.17, 15) is 4.79 Å². The van der Waals surface area contributed by atoms with E-state index in [-0.39, 0.29) is 12.0 Å². The van der Waals surface area contributed by atoms with E-state index in [1.54, 1.807) is 12.3 Å². The highest BCUT2D eigenvalue weighted by Crippen LogP contribution is 2.32. The van der Waals surface area contributed by atoms with Gasteiger partial charge in [0, 0.05) is 11.1 Å². The van der Waals surface area contributed by atoms with Crippen molar-refractivity contribution in [1.29, 1.82) is 0 Å². The average molecular weight is 438 g/mol. The number of aliphatic carboxylic acids is 1. The zero-order valence-electron chi connectivity index (χ0n) is 16.5. The topological polar surface area (TPSA) is 101 Å². The second-order valence-electron chi connectivity index (χ2n) is 7.71. The Morgan fingerprint density at radius 1 is 1.10 bits per heavy atom. The Labute approximate surface area is 183 Å². The molecule has 0 saturated heterocycles. The number of nitrogens with zero attached hydrogens (tertiary/aromatic N) is 2. The number of nitrogens with one attached hydrogen (secondary N) is 1. The smallest absolute Gasteiger partial charge is 0.306 e. The monoisotopic (exact) mass is 437 g/mol. The molecular formula is C23H20ClN3O4. The van der Waals surface area contributed by atoms with E-state index in [1.165, 1.54) is 0 Å². The Morgan fingerprint density at radius 2 is 1.84 bits per heavy atom. The van der Waals surface area contributed by atoms with Crippen molar-refractivity contribution in [2.24, 2.45) is 5.92 Å². The minimum Gasteiger partial charge on any atom is -0.481 e. The summed E-state index contributed by atoms with van der Waals surface area (Å²) in [6, 6.07) is 13.7. The molecule has 5 rings (SSSR count). The second-order valence-corrected chi connectivity index (χ2v) is 8.12. The van der Waals surface area contributed by atoms with Crippen molar-refractivity contribution in [3.8, 4) is 28.6 Å². The van der Waals surface area contributed by atoms with Gasteiger partial charge in [-0.3, -0.25) is 9.78 Å². The fourth-order valence-electron chi connectivity index (χ4n) is 3.97.